The van der Waals surface area contributed by atoms with E-state index in [0.29, 0.717) is 6.61 Å². The van der Waals surface area contributed by atoms with Crippen LogP contribution in [0.5, 0.6) is 0 Å². The summed E-state index contributed by atoms with van der Waals surface area (Å²) in [5.41, 5.74) is -0.113. The molecule has 0 radical (unpaired) electrons. The molecule has 0 aliphatic rings. The molecular formula is C10H12N2O2. The maximum absolute atomic E-state index is 11.2. The summed E-state index contributed by atoms with van der Waals surface area (Å²) in [5.74, 6) is -0.708. The normalized spacial score (nSPS) is 10.9. The highest BCUT2D eigenvalue weighted by Gasteiger charge is 2.13. The molecule has 0 aliphatic carbocycles. The molecule has 0 spiro atoms. The van der Waals surface area contributed by atoms with Gasteiger partial charge in [-0.1, -0.05) is 13.3 Å². The van der Waals surface area contributed by atoms with Gasteiger partial charge in [-0.15, -0.1) is 0 Å². The third-order valence-corrected chi connectivity index (χ3v) is 1.59. The molecule has 0 fully saturated rings. The summed E-state index contributed by atoms with van der Waals surface area (Å²) in [6, 6.07) is 3.41. The Balaban J connectivity index is 4.39. The molecule has 0 aromatic heterocycles. The fourth-order valence-corrected chi connectivity index (χ4v) is 0.720. The monoisotopic (exact) mass is 192 g/mol. The molecule has 0 saturated carbocycles. The Kier molecular flexibility index (Phi) is 5.82. The van der Waals surface area contributed by atoms with Crippen LogP contribution < -0.4 is 0 Å². The van der Waals surface area contributed by atoms with Crippen molar-refractivity contribution in [2.75, 3.05) is 6.61 Å². The molecule has 4 nitrogen and oxygen atoms in total. The van der Waals surface area contributed by atoms with Gasteiger partial charge in [0.1, 0.15) is 6.07 Å². The summed E-state index contributed by atoms with van der Waals surface area (Å²) >= 11 is 0. The number of allylic oxidation sites excluding steroid dienone is 1. The topological polar surface area (TPSA) is 73.9 Å². The molecular weight excluding hydrogens is 180 g/mol. The van der Waals surface area contributed by atoms with Crippen molar-refractivity contribution >= 4 is 5.97 Å². The zero-order chi connectivity index (χ0) is 11.0. The van der Waals surface area contributed by atoms with Gasteiger partial charge < -0.3 is 4.74 Å². The lowest BCUT2D eigenvalue weighted by Gasteiger charge is -2.02. The third kappa shape index (κ3) is 3.73. The Labute approximate surface area is 83.4 Å². The van der Waals surface area contributed by atoms with E-state index in [-0.39, 0.29) is 11.1 Å². The first-order valence-corrected chi connectivity index (χ1v) is 4.35. The van der Waals surface area contributed by atoms with Crippen LogP contribution in [0.2, 0.25) is 0 Å². The second kappa shape index (κ2) is 6.68. The van der Waals surface area contributed by atoms with Gasteiger partial charge in [0.05, 0.1) is 18.2 Å². The molecule has 4 heteroatoms. The minimum Gasteiger partial charge on any atom is -0.462 e. The second-order valence-corrected chi connectivity index (χ2v) is 2.71. The first kappa shape index (κ1) is 12.2. The van der Waals surface area contributed by atoms with E-state index in [1.807, 2.05) is 6.92 Å². The predicted octanol–water partition coefficient (Wildman–Crippen LogP) is 1.69. The summed E-state index contributed by atoms with van der Waals surface area (Å²) in [6.07, 6.45) is 1.67. The summed E-state index contributed by atoms with van der Waals surface area (Å²) in [6.45, 7) is 3.67. The van der Waals surface area contributed by atoms with Crippen molar-refractivity contribution in [2.45, 2.75) is 26.7 Å². The second-order valence-electron chi connectivity index (χ2n) is 2.71. The molecule has 0 rings (SSSR count). The maximum atomic E-state index is 11.2. The van der Waals surface area contributed by atoms with Gasteiger partial charge in [-0.05, 0) is 13.3 Å². The Morgan fingerprint density at radius 1 is 1.36 bits per heavy atom. The number of hydrogen-bond donors (Lipinski definition) is 0. The van der Waals surface area contributed by atoms with E-state index in [2.05, 4.69) is 0 Å². The number of carbonyl (C=O) groups is 1. The van der Waals surface area contributed by atoms with Crippen LogP contribution >= 0.6 is 0 Å². The molecule has 0 atom stereocenters. The number of nitriles is 2. The Morgan fingerprint density at radius 3 is 2.43 bits per heavy atom. The van der Waals surface area contributed by atoms with Gasteiger partial charge in [-0.2, -0.15) is 10.5 Å². The Morgan fingerprint density at radius 2 is 2.00 bits per heavy atom. The highest BCUT2D eigenvalue weighted by atomic mass is 16.5. The van der Waals surface area contributed by atoms with Crippen LogP contribution in [0.1, 0.15) is 26.7 Å². The smallest absolute Gasteiger partial charge is 0.349 e. The van der Waals surface area contributed by atoms with Crippen LogP contribution in [0.25, 0.3) is 0 Å². The minimum absolute atomic E-state index is 0.0917. The first-order valence-electron chi connectivity index (χ1n) is 4.35. The number of carbonyl (C=O) groups excluding carboxylic acids is 1. The van der Waals surface area contributed by atoms with E-state index in [9.17, 15) is 4.79 Å². The lowest BCUT2D eigenvalue weighted by atomic mass is 10.2. The fraction of sp³-hybridized carbons (Fsp3) is 0.500. The summed E-state index contributed by atoms with van der Waals surface area (Å²) < 4.78 is 4.79. The summed E-state index contributed by atoms with van der Waals surface area (Å²) in [4.78, 5) is 11.2. The van der Waals surface area contributed by atoms with E-state index >= 15 is 0 Å². The zero-order valence-corrected chi connectivity index (χ0v) is 8.33. The molecule has 0 bridgehead atoms. The molecule has 0 unspecified atom stereocenters. The average Bonchev–Trinajstić information content (AvgIpc) is 2.19. The average molecular weight is 192 g/mol. The fourth-order valence-electron chi connectivity index (χ4n) is 0.720. The van der Waals surface area contributed by atoms with Crippen LogP contribution in [-0.4, -0.2) is 12.6 Å². The predicted molar refractivity (Wildman–Crippen MR) is 49.8 cm³/mol. The largest absolute Gasteiger partial charge is 0.462 e. The van der Waals surface area contributed by atoms with Gasteiger partial charge in [0.2, 0.25) is 0 Å². The number of hydrogen-bond acceptors (Lipinski definition) is 4. The number of ether oxygens (including phenoxy) is 1. The van der Waals surface area contributed by atoms with E-state index in [1.165, 1.54) is 6.92 Å². The highest BCUT2D eigenvalue weighted by Crippen LogP contribution is 2.04. The Hall–Kier alpha value is -1.81. The maximum Gasteiger partial charge on any atom is 0.349 e. The van der Waals surface area contributed by atoms with Crippen molar-refractivity contribution in [1.29, 1.82) is 10.5 Å². The lowest BCUT2D eigenvalue weighted by Crippen LogP contribution is -2.09. The summed E-state index contributed by atoms with van der Waals surface area (Å²) in [5, 5.41) is 17.1. The molecule has 0 saturated heterocycles. The van der Waals surface area contributed by atoms with E-state index in [1.54, 1.807) is 12.1 Å². The molecule has 14 heavy (non-hydrogen) atoms. The van der Waals surface area contributed by atoms with Crippen molar-refractivity contribution in [3.05, 3.63) is 11.1 Å². The van der Waals surface area contributed by atoms with Gasteiger partial charge in [-0.25, -0.2) is 4.79 Å². The number of esters is 1. The molecule has 0 aromatic carbocycles. The Bertz CT molecular complexity index is 318. The molecule has 0 heterocycles. The third-order valence-electron chi connectivity index (χ3n) is 1.59. The lowest BCUT2D eigenvalue weighted by molar-refractivity contribution is -0.138. The number of rotatable bonds is 4. The molecule has 0 N–H and O–H groups in total. The van der Waals surface area contributed by atoms with E-state index in [4.69, 9.17) is 15.3 Å². The first-order chi connectivity index (χ1) is 6.67. The van der Waals surface area contributed by atoms with Crippen LogP contribution in [0, 0.1) is 22.7 Å². The molecule has 0 aromatic rings. The molecule has 0 amide bonds. The summed E-state index contributed by atoms with van der Waals surface area (Å²) in [7, 11) is 0. The standard InChI is InChI=1S/C10H12N2O2/c1-3-4-5-14-10(13)9(7-12)8(2)6-11/h3-5H2,1-2H3. The van der Waals surface area contributed by atoms with Crippen LogP contribution in [-0.2, 0) is 9.53 Å². The van der Waals surface area contributed by atoms with Crippen molar-refractivity contribution in [3.63, 3.8) is 0 Å². The van der Waals surface area contributed by atoms with Gasteiger partial charge in [-0.3, -0.25) is 0 Å². The van der Waals surface area contributed by atoms with Gasteiger partial charge >= 0.3 is 5.97 Å². The van der Waals surface area contributed by atoms with Gasteiger partial charge in [0.25, 0.3) is 0 Å². The van der Waals surface area contributed by atoms with Crippen LogP contribution in [0.15, 0.2) is 11.1 Å². The van der Waals surface area contributed by atoms with Gasteiger partial charge in [0, 0.05) is 0 Å². The zero-order valence-electron chi connectivity index (χ0n) is 8.33. The van der Waals surface area contributed by atoms with E-state index < -0.39 is 5.97 Å². The highest BCUT2D eigenvalue weighted by molar-refractivity contribution is 5.94. The quantitative estimate of drug-likeness (QED) is 0.294. The molecule has 74 valence electrons. The van der Waals surface area contributed by atoms with Crippen molar-refractivity contribution < 1.29 is 9.53 Å². The van der Waals surface area contributed by atoms with Crippen LogP contribution in [0.3, 0.4) is 0 Å². The SMILES string of the molecule is CCCCOC(=O)C(C#N)=C(C)C#N. The molecule has 0 aliphatic heterocycles. The van der Waals surface area contributed by atoms with Crippen molar-refractivity contribution in [2.24, 2.45) is 0 Å². The van der Waals surface area contributed by atoms with Crippen LogP contribution in [0.4, 0.5) is 0 Å². The van der Waals surface area contributed by atoms with Crippen molar-refractivity contribution in [1.82, 2.24) is 0 Å². The van der Waals surface area contributed by atoms with Gasteiger partial charge in [0.15, 0.2) is 5.57 Å². The number of nitrogens with zero attached hydrogens (tertiary/aromatic N) is 2. The number of unbranched alkanes of at least 4 members (excludes halogenated alkanes) is 1. The van der Waals surface area contributed by atoms with Crippen molar-refractivity contribution in [3.8, 4) is 12.1 Å². The minimum atomic E-state index is -0.708. The van der Waals surface area contributed by atoms with E-state index in [0.717, 1.165) is 12.8 Å².